The molecule has 29 heavy (non-hydrogen) atoms. The molecule has 3 aromatic carbocycles. The molecule has 7 heteroatoms. The van der Waals surface area contributed by atoms with Gasteiger partial charge in [-0.3, -0.25) is 9.52 Å². The van der Waals surface area contributed by atoms with Crippen molar-refractivity contribution in [2.75, 3.05) is 10.0 Å². The SMILES string of the molecule is Cc1ccc(Sc2ccc(NS(=O)(=O)c3ccc4c(c3)CC(=O)N4)cc2)cc1C. The van der Waals surface area contributed by atoms with Gasteiger partial charge in [-0.2, -0.15) is 0 Å². The number of sulfonamides is 1. The molecular weight excluding hydrogens is 404 g/mol. The van der Waals surface area contributed by atoms with Gasteiger partial charge in [0.1, 0.15) is 0 Å². The van der Waals surface area contributed by atoms with Gasteiger partial charge in [0.2, 0.25) is 5.91 Å². The maximum Gasteiger partial charge on any atom is 0.261 e. The van der Waals surface area contributed by atoms with Crippen molar-refractivity contribution in [1.82, 2.24) is 0 Å². The summed E-state index contributed by atoms with van der Waals surface area (Å²) in [6, 6.07) is 18.3. The second-order valence-corrected chi connectivity index (χ2v) is 9.85. The minimum atomic E-state index is -3.73. The van der Waals surface area contributed by atoms with Crippen LogP contribution in [0, 0.1) is 13.8 Å². The Morgan fingerprint density at radius 3 is 2.34 bits per heavy atom. The molecule has 0 bridgehead atoms. The fourth-order valence-electron chi connectivity index (χ4n) is 3.09. The van der Waals surface area contributed by atoms with Crippen molar-refractivity contribution in [1.29, 1.82) is 0 Å². The first-order chi connectivity index (χ1) is 13.8. The van der Waals surface area contributed by atoms with E-state index in [-0.39, 0.29) is 17.2 Å². The molecule has 5 nitrogen and oxygen atoms in total. The standard InChI is InChI=1S/C22H20N2O3S2/c1-14-3-6-19(11-15(14)2)28-18-7-4-17(5-8-18)24-29(26,27)20-9-10-21-16(12-20)13-22(25)23-21/h3-12,24H,13H2,1-2H3,(H,23,25). The molecule has 0 aromatic heterocycles. The monoisotopic (exact) mass is 424 g/mol. The highest BCUT2D eigenvalue weighted by Crippen LogP contribution is 2.31. The lowest BCUT2D eigenvalue weighted by Crippen LogP contribution is -2.13. The maximum atomic E-state index is 12.7. The van der Waals surface area contributed by atoms with Gasteiger partial charge in [-0.1, -0.05) is 17.8 Å². The Morgan fingerprint density at radius 2 is 1.62 bits per heavy atom. The molecule has 1 aliphatic rings. The smallest absolute Gasteiger partial charge is 0.261 e. The first-order valence-corrected chi connectivity index (χ1v) is 11.4. The first kappa shape index (κ1) is 19.5. The fraction of sp³-hybridized carbons (Fsp3) is 0.136. The molecule has 148 valence electrons. The van der Waals surface area contributed by atoms with Crippen LogP contribution in [0.3, 0.4) is 0 Å². The summed E-state index contributed by atoms with van der Waals surface area (Å²) in [7, 11) is -3.73. The number of hydrogen-bond donors (Lipinski definition) is 2. The van der Waals surface area contributed by atoms with Crippen LogP contribution in [0.2, 0.25) is 0 Å². The number of carbonyl (C=O) groups excluding carboxylic acids is 1. The van der Waals surface area contributed by atoms with Gasteiger partial charge < -0.3 is 5.32 Å². The van der Waals surface area contributed by atoms with Gasteiger partial charge in [-0.25, -0.2) is 8.42 Å². The van der Waals surface area contributed by atoms with Gasteiger partial charge in [-0.05, 0) is 85.1 Å². The van der Waals surface area contributed by atoms with Crippen molar-refractivity contribution < 1.29 is 13.2 Å². The Morgan fingerprint density at radius 1 is 0.897 bits per heavy atom. The van der Waals surface area contributed by atoms with Crippen molar-refractivity contribution in [3.05, 3.63) is 77.4 Å². The van der Waals surface area contributed by atoms with Crippen LogP contribution >= 0.6 is 11.8 Å². The normalized spacial score (nSPS) is 13.1. The van der Waals surface area contributed by atoms with Crippen molar-refractivity contribution in [3.8, 4) is 0 Å². The lowest BCUT2D eigenvalue weighted by molar-refractivity contribution is -0.115. The Hall–Kier alpha value is -2.77. The molecule has 0 fully saturated rings. The minimum absolute atomic E-state index is 0.126. The third-order valence-corrected chi connectivity index (χ3v) is 7.21. The van der Waals surface area contributed by atoms with E-state index in [4.69, 9.17) is 0 Å². The van der Waals surface area contributed by atoms with Crippen LogP contribution in [0.1, 0.15) is 16.7 Å². The van der Waals surface area contributed by atoms with Crippen LogP contribution in [0.5, 0.6) is 0 Å². The van der Waals surface area contributed by atoms with Gasteiger partial charge in [0.05, 0.1) is 11.3 Å². The van der Waals surface area contributed by atoms with E-state index in [1.54, 1.807) is 36.0 Å². The fourth-order valence-corrected chi connectivity index (χ4v) is 5.12. The lowest BCUT2D eigenvalue weighted by Gasteiger charge is -2.10. The van der Waals surface area contributed by atoms with E-state index in [0.29, 0.717) is 16.9 Å². The van der Waals surface area contributed by atoms with E-state index in [1.807, 2.05) is 12.1 Å². The van der Waals surface area contributed by atoms with Crippen molar-refractivity contribution in [3.63, 3.8) is 0 Å². The molecule has 4 rings (SSSR count). The van der Waals surface area contributed by atoms with Crippen molar-refractivity contribution in [2.24, 2.45) is 0 Å². The molecule has 3 aromatic rings. The second-order valence-electron chi connectivity index (χ2n) is 7.02. The number of hydrogen-bond acceptors (Lipinski definition) is 4. The van der Waals surface area contributed by atoms with Gasteiger partial charge in [-0.15, -0.1) is 0 Å². The Kier molecular flexibility index (Phi) is 5.10. The molecule has 0 spiro atoms. The van der Waals surface area contributed by atoms with Gasteiger partial charge >= 0.3 is 0 Å². The highest BCUT2D eigenvalue weighted by atomic mass is 32.2. The van der Waals surface area contributed by atoms with Crippen LogP contribution in [0.15, 0.2) is 75.4 Å². The predicted octanol–water partition coefficient (Wildman–Crippen LogP) is 4.75. The van der Waals surface area contributed by atoms with Gasteiger partial charge in [0.25, 0.3) is 10.0 Å². The summed E-state index contributed by atoms with van der Waals surface area (Å²) in [5.41, 5.74) is 4.35. The van der Waals surface area contributed by atoms with Crippen LogP contribution in [0.4, 0.5) is 11.4 Å². The largest absolute Gasteiger partial charge is 0.326 e. The third-order valence-electron chi connectivity index (χ3n) is 4.83. The van der Waals surface area contributed by atoms with Crippen LogP contribution in [-0.2, 0) is 21.2 Å². The molecule has 0 saturated heterocycles. The van der Waals surface area contributed by atoms with Crippen LogP contribution in [0.25, 0.3) is 0 Å². The summed E-state index contributed by atoms with van der Waals surface area (Å²) in [6.45, 7) is 4.17. The number of fused-ring (bicyclic) bond motifs is 1. The number of carbonyl (C=O) groups is 1. The van der Waals surface area contributed by atoms with E-state index in [9.17, 15) is 13.2 Å². The Balaban J connectivity index is 1.48. The average Bonchev–Trinajstić information content (AvgIpc) is 3.05. The maximum absolute atomic E-state index is 12.7. The summed E-state index contributed by atoms with van der Waals surface area (Å²) in [5.74, 6) is -0.126. The number of aryl methyl sites for hydroxylation is 2. The highest BCUT2D eigenvalue weighted by Gasteiger charge is 2.22. The van der Waals surface area contributed by atoms with E-state index in [2.05, 4.69) is 42.1 Å². The summed E-state index contributed by atoms with van der Waals surface area (Å²) in [5, 5.41) is 2.70. The van der Waals surface area contributed by atoms with E-state index >= 15 is 0 Å². The van der Waals surface area contributed by atoms with Gasteiger partial charge in [0.15, 0.2) is 0 Å². The average molecular weight is 425 g/mol. The first-order valence-electron chi connectivity index (χ1n) is 9.11. The van der Waals surface area contributed by atoms with Crippen LogP contribution in [-0.4, -0.2) is 14.3 Å². The molecule has 0 unspecified atom stereocenters. The second kappa shape index (κ2) is 7.57. The molecule has 0 aliphatic carbocycles. The summed E-state index contributed by atoms with van der Waals surface area (Å²) in [6.07, 6.45) is 0.198. The topological polar surface area (TPSA) is 75.3 Å². The molecule has 1 heterocycles. The zero-order chi connectivity index (χ0) is 20.6. The molecule has 0 saturated carbocycles. The van der Waals surface area contributed by atoms with Crippen molar-refractivity contribution >= 4 is 39.1 Å². The Bertz CT molecular complexity index is 1200. The molecule has 2 N–H and O–H groups in total. The number of rotatable bonds is 5. The summed E-state index contributed by atoms with van der Waals surface area (Å²) < 4.78 is 28.0. The molecule has 0 atom stereocenters. The van der Waals surface area contributed by atoms with E-state index < -0.39 is 10.0 Å². The van der Waals surface area contributed by atoms with Crippen molar-refractivity contribution in [2.45, 2.75) is 35.0 Å². The minimum Gasteiger partial charge on any atom is -0.326 e. The van der Waals surface area contributed by atoms with Crippen LogP contribution < -0.4 is 10.0 Å². The molecule has 1 amide bonds. The lowest BCUT2D eigenvalue weighted by atomic mass is 10.1. The highest BCUT2D eigenvalue weighted by molar-refractivity contribution is 7.99. The zero-order valence-corrected chi connectivity index (χ0v) is 17.7. The van der Waals surface area contributed by atoms with E-state index in [1.165, 1.54) is 17.2 Å². The third kappa shape index (κ3) is 4.31. The quantitative estimate of drug-likeness (QED) is 0.620. The summed E-state index contributed by atoms with van der Waals surface area (Å²) >= 11 is 1.63. The molecule has 1 aliphatic heterocycles. The molecular formula is C22H20N2O3S2. The number of anilines is 2. The van der Waals surface area contributed by atoms with Gasteiger partial charge in [0, 0.05) is 21.2 Å². The number of nitrogens with one attached hydrogen (secondary N) is 2. The summed E-state index contributed by atoms with van der Waals surface area (Å²) in [4.78, 5) is 13.8. The van der Waals surface area contributed by atoms with E-state index in [0.717, 1.165) is 9.79 Å². The zero-order valence-electron chi connectivity index (χ0n) is 16.0. The predicted molar refractivity (Wildman–Crippen MR) is 116 cm³/mol. The number of benzene rings is 3. The Labute approximate surface area is 174 Å². The number of amides is 1. The molecule has 0 radical (unpaired) electrons.